The SMILES string of the molecule is CN1CCC[C@@H]1CCOc1cc(CN)ccn1. The van der Waals surface area contributed by atoms with Gasteiger partial charge >= 0.3 is 0 Å². The molecule has 0 unspecified atom stereocenters. The maximum absolute atomic E-state index is 5.67. The molecular formula is C13H21N3O. The van der Waals surface area contributed by atoms with Gasteiger partial charge in [-0.1, -0.05) is 0 Å². The van der Waals surface area contributed by atoms with Crippen LogP contribution in [0.25, 0.3) is 0 Å². The van der Waals surface area contributed by atoms with Gasteiger partial charge in [-0.15, -0.1) is 0 Å². The number of ether oxygens (including phenoxy) is 1. The Kier molecular flexibility index (Phi) is 4.34. The van der Waals surface area contributed by atoms with E-state index in [1.54, 1.807) is 6.20 Å². The number of pyridine rings is 1. The monoisotopic (exact) mass is 235 g/mol. The first kappa shape index (κ1) is 12.3. The van der Waals surface area contributed by atoms with Crippen molar-refractivity contribution >= 4 is 0 Å². The van der Waals surface area contributed by atoms with Gasteiger partial charge in [0, 0.05) is 24.8 Å². The number of hydrogen-bond donors (Lipinski definition) is 1. The van der Waals surface area contributed by atoms with Gasteiger partial charge in [0.15, 0.2) is 0 Å². The second-order valence-corrected chi connectivity index (χ2v) is 4.62. The van der Waals surface area contributed by atoms with E-state index in [2.05, 4.69) is 16.9 Å². The Morgan fingerprint density at radius 3 is 3.18 bits per heavy atom. The lowest BCUT2D eigenvalue weighted by Crippen LogP contribution is -2.26. The molecule has 17 heavy (non-hydrogen) atoms. The van der Waals surface area contributed by atoms with E-state index in [1.165, 1.54) is 19.4 Å². The summed E-state index contributed by atoms with van der Waals surface area (Å²) in [6, 6.07) is 4.50. The molecule has 2 heterocycles. The minimum Gasteiger partial charge on any atom is -0.478 e. The Morgan fingerprint density at radius 2 is 2.47 bits per heavy atom. The standard InChI is InChI=1S/C13H21N3O/c1-16-7-2-3-12(16)5-8-17-13-9-11(10-14)4-6-15-13/h4,6,9,12H,2-3,5,7-8,10,14H2,1H3/t12-/m1/s1. The molecule has 0 bridgehead atoms. The van der Waals surface area contributed by atoms with Gasteiger partial charge in [-0.25, -0.2) is 4.98 Å². The van der Waals surface area contributed by atoms with Crippen molar-refractivity contribution in [2.24, 2.45) is 5.73 Å². The zero-order valence-electron chi connectivity index (χ0n) is 10.4. The molecule has 0 saturated carbocycles. The highest BCUT2D eigenvalue weighted by molar-refractivity contribution is 5.19. The first-order valence-corrected chi connectivity index (χ1v) is 6.27. The van der Waals surface area contributed by atoms with E-state index in [-0.39, 0.29) is 0 Å². The van der Waals surface area contributed by atoms with Crippen LogP contribution in [0.1, 0.15) is 24.8 Å². The summed E-state index contributed by atoms with van der Waals surface area (Å²) in [5.41, 5.74) is 6.64. The second-order valence-electron chi connectivity index (χ2n) is 4.62. The van der Waals surface area contributed by atoms with E-state index < -0.39 is 0 Å². The van der Waals surface area contributed by atoms with Crippen LogP contribution in [-0.2, 0) is 6.54 Å². The smallest absolute Gasteiger partial charge is 0.213 e. The van der Waals surface area contributed by atoms with E-state index in [0.29, 0.717) is 18.5 Å². The first-order chi connectivity index (χ1) is 8.29. The van der Waals surface area contributed by atoms with Gasteiger partial charge in [-0.2, -0.15) is 0 Å². The van der Waals surface area contributed by atoms with Gasteiger partial charge < -0.3 is 15.4 Å². The van der Waals surface area contributed by atoms with E-state index in [4.69, 9.17) is 10.5 Å². The maximum Gasteiger partial charge on any atom is 0.213 e. The second kappa shape index (κ2) is 5.98. The third-order valence-corrected chi connectivity index (χ3v) is 3.41. The van der Waals surface area contributed by atoms with Crippen LogP contribution in [0.4, 0.5) is 0 Å². The Bertz CT molecular complexity index is 356. The number of nitrogens with zero attached hydrogens (tertiary/aromatic N) is 2. The lowest BCUT2D eigenvalue weighted by Gasteiger charge is -2.19. The van der Waals surface area contributed by atoms with Crippen LogP contribution in [0.15, 0.2) is 18.3 Å². The summed E-state index contributed by atoms with van der Waals surface area (Å²) in [5.74, 6) is 0.689. The molecule has 1 saturated heterocycles. The van der Waals surface area contributed by atoms with Gasteiger partial charge in [0.2, 0.25) is 5.88 Å². The molecule has 1 aliphatic rings. The average Bonchev–Trinajstić information content (AvgIpc) is 2.76. The number of hydrogen-bond acceptors (Lipinski definition) is 4. The lowest BCUT2D eigenvalue weighted by molar-refractivity contribution is 0.228. The van der Waals surface area contributed by atoms with Gasteiger partial charge in [0.1, 0.15) is 0 Å². The number of rotatable bonds is 5. The zero-order chi connectivity index (χ0) is 12.1. The normalized spacial score (nSPS) is 20.7. The largest absolute Gasteiger partial charge is 0.478 e. The molecule has 2 rings (SSSR count). The number of aromatic nitrogens is 1. The molecule has 1 atom stereocenters. The van der Waals surface area contributed by atoms with Crippen LogP contribution < -0.4 is 10.5 Å². The summed E-state index contributed by atoms with van der Waals surface area (Å²) < 4.78 is 5.67. The quantitative estimate of drug-likeness (QED) is 0.838. The van der Waals surface area contributed by atoms with Crippen molar-refractivity contribution < 1.29 is 4.74 Å². The highest BCUT2D eigenvalue weighted by Gasteiger charge is 2.20. The number of likely N-dealkylation sites (tertiary alicyclic amines) is 1. The van der Waals surface area contributed by atoms with E-state index in [0.717, 1.165) is 18.6 Å². The highest BCUT2D eigenvalue weighted by atomic mass is 16.5. The highest BCUT2D eigenvalue weighted by Crippen LogP contribution is 2.18. The van der Waals surface area contributed by atoms with Crippen LogP contribution in [-0.4, -0.2) is 36.1 Å². The third-order valence-electron chi connectivity index (χ3n) is 3.41. The van der Waals surface area contributed by atoms with Crippen molar-refractivity contribution in [1.29, 1.82) is 0 Å². The molecule has 1 fully saturated rings. The summed E-state index contributed by atoms with van der Waals surface area (Å²) >= 11 is 0. The van der Waals surface area contributed by atoms with Crippen molar-refractivity contribution in [3.8, 4) is 5.88 Å². The van der Waals surface area contributed by atoms with Crippen LogP contribution in [0.3, 0.4) is 0 Å². The van der Waals surface area contributed by atoms with E-state index in [9.17, 15) is 0 Å². The van der Waals surface area contributed by atoms with Crippen molar-refractivity contribution in [2.45, 2.75) is 31.8 Å². The summed E-state index contributed by atoms with van der Waals surface area (Å²) in [7, 11) is 2.19. The topological polar surface area (TPSA) is 51.4 Å². The fourth-order valence-electron chi connectivity index (χ4n) is 2.30. The number of nitrogens with two attached hydrogens (primary N) is 1. The maximum atomic E-state index is 5.67. The Balaban J connectivity index is 1.77. The van der Waals surface area contributed by atoms with Crippen molar-refractivity contribution in [1.82, 2.24) is 9.88 Å². The first-order valence-electron chi connectivity index (χ1n) is 6.27. The molecule has 0 amide bonds. The fourth-order valence-corrected chi connectivity index (χ4v) is 2.30. The molecule has 4 heteroatoms. The molecule has 4 nitrogen and oxygen atoms in total. The van der Waals surface area contributed by atoms with Gasteiger partial charge in [-0.05, 0) is 44.5 Å². The summed E-state index contributed by atoms with van der Waals surface area (Å²) in [4.78, 5) is 6.59. The molecule has 0 spiro atoms. The van der Waals surface area contributed by atoms with E-state index in [1.807, 2.05) is 12.1 Å². The molecule has 1 aromatic rings. The Hall–Kier alpha value is -1.13. The molecule has 1 aromatic heterocycles. The van der Waals surface area contributed by atoms with Crippen LogP contribution >= 0.6 is 0 Å². The molecule has 0 aliphatic carbocycles. The van der Waals surface area contributed by atoms with Gasteiger partial charge in [0.25, 0.3) is 0 Å². The van der Waals surface area contributed by atoms with Gasteiger partial charge in [-0.3, -0.25) is 0 Å². The molecule has 0 aromatic carbocycles. The summed E-state index contributed by atoms with van der Waals surface area (Å²) in [6.45, 7) is 2.48. The van der Waals surface area contributed by atoms with Crippen molar-refractivity contribution in [2.75, 3.05) is 20.2 Å². The van der Waals surface area contributed by atoms with Gasteiger partial charge in [0.05, 0.1) is 6.61 Å². The van der Waals surface area contributed by atoms with E-state index >= 15 is 0 Å². The van der Waals surface area contributed by atoms with Crippen LogP contribution in [0, 0.1) is 0 Å². The van der Waals surface area contributed by atoms with Crippen LogP contribution in [0.2, 0.25) is 0 Å². The van der Waals surface area contributed by atoms with Crippen molar-refractivity contribution in [3.05, 3.63) is 23.9 Å². The third kappa shape index (κ3) is 3.41. The molecule has 1 aliphatic heterocycles. The fraction of sp³-hybridized carbons (Fsp3) is 0.615. The lowest BCUT2D eigenvalue weighted by atomic mass is 10.1. The molecule has 2 N–H and O–H groups in total. The molecular weight excluding hydrogens is 214 g/mol. The molecule has 94 valence electrons. The summed E-state index contributed by atoms with van der Waals surface area (Å²) in [5, 5.41) is 0. The predicted molar refractivity (Wildman–Crippen MR) is 67.9 cm³/mol. The Morgan fingerprint density at radius 1 is 1.59 bits per heavy atom. The van der Waals surface area contributed by atoms with Crippen LogP contribution in [0.5, 0.6) is 5.88 Å². The average molecular weight is 235 g/mol. The zero-order valence-corrected chi connectivity index (χ0v) is 10.4. The molecule has 0 radical (unpaired) electrons. The predicted octanol–water partition coefficient (Wildman–Crippen LogP) is 1.40. The minimum absolute atomic E-state index is 0.532. The van der Waals surface area contributed by atoms with Crippen molar-refractivity contribution in [3.63, 3.8) is 0 Å². The Labute approximate surface area is 103 Å². The summed E-state index contributed by atoms with van der Waals surface area (Å²) in [6.07, 6.45) is 5.42. The minimum atomic E-state index is 0.532.